The molecule has 0 radical (unpaired) electrons. The van der Waals surface area contributed by atoms with Crippen molar-refractivity contribution in [2.75, 3.05) is 6.61 Å². The van der Waals surface area contributed by atoms with Gasteiger partial charge in [0.2, 0.25) is 0 Å². The average molecular weight is 445 g/mol. The molecule has 3 aliphatic carbocycles. The number of hydrogen-bond donors (Lipinski definition) is 1. The second-order valence-electron chi connectivity index (χ2n) is 9.00. The van der Waals surface area contributed by atoms with Gasteiger partial charge in [0, 0.05) is 24.2 Å². The summed E-state index contributed by atoms with van der Waals surface area (Å²) in [7, 11) is 0. The van der Waals surface area contributed by atoms with E-state index >= 15 is 0 Å². The van der Waals surface area contributed by atoms with E-state index in [4.69, 9.17) is 16.3 Å². The van der Waals surface area contributed by atoms with E-state index in [1.807, 2.05) is 6.07 Å². The molecule has 3 saturated carbocycles. The van der Waals surface area contributed by atoms with Crippen LogP contribution in [0.5, 0.6) is 5.75 Å². The monoisotopic (exact) mass is 444 g/mol. The number of carbonyl (C=O) groups excluding carboxylic acids is 2. The van der Waals surface area contributed by atoms with Crippen molar-refractivity contribution in [1.29, 1.82) is 0 Å². The van der Waals surface area contributed by atoms with Crippen LogP contribution in [0.3, 0.4) is 0 Å². The number of nitrogens with zero attached hydrogens (tertiary/aromatic N) is 1. The molecule has 0 atom stereocenters. The summed E-state index contributed by atoms with van der Waals surface area (Å²) in [4.78, 5) is 29.2. The van der Waals surface area contributed by atoms with E-state index in [1.54, 1.807) is 12.3 Å². The van der Waals surface area contributed by atoms with Crippen LogP contribution in [0.1, 0.15) is 61.5 Å². The van der Waals surface area contributed by atoms with Crippen LogP contribution in [0, 0.1) is 11.2 Å². The molecule has 0 saturated heterocycles. The predicted molar refractivity (Wildman–Crippen MR) is 116 cm³/mol. The maximum atomic E-state index is 13.4. The zero-order chi connectivity index (χ0) is 22.1. The summed E-state index contributed by atoms with van der Waals surface area (Å²) in [5, 5.41) is 3.12. The van der Waals surface area contributed by atoms with E-state index in [9.17, 15) is 14.0 Å². The highest BCUT2D eigenvalue weighted by Gasteiger charge is 2.68. The number of amides is 1. The highest BCUT2D eigenvalue weighted by atomic mass is 35.5. The maximum absolute atomic E-state index is 13.4. The van der Waals surface area contributed by atoms with Gasteiger partial charge in [-0.1, -0.05) is 31.0 Å². The first kappa shape index (κ1) is 21.8. The fraction of sp³-hybridized carbons (Fsp3) is 0.458. The van der Waals surface area contributed by atoms with Crippen molar-refractivity contribution in [3.63, 3.8) is 0 Å². The quantitative estimate of drug-likeness (QED) is 0.565. The third kappa shape index (κ3) is 4.74. The third-order valence-electron chi connectivity index (χ3n) is 6.26. The molecule has 5 nitrogen and oxygen atoms in total. The lowest BCUT2D eigenvalue weighted by atomic mass is 9.38. The summed E-state index contributed by atoms with van der Waals surface area (Å²) in [5.74, 6) is -0.479. The molecule has 2 aromatic rings. The molecule has 5 rings (SSSR count). The van der Waals surface area contributed by atoms with Crippen molar-refractivity contribution in [3.8, 4) is 5.75 Å². The van der Waals surface area contributed by atoms with E-state index in [-0.39, 0.29) is 40.0 Å². The fourth-order valence-corrected chi connectivity index (χ4v) is 5.03. The Bertz CT molecular complexity index is 973. The number of aryl methyl sites for hydroxylation is 1. The van der Waals surface area contributed by atoms with Gasteiger partial charge < -0.3 is 10.1 Å². The summed E-state index contributed by atoms with van der Waals surface area (Å²) in [6.45, 7) is 2.05. The minimum Gasteiger partial charge on any atom is -0.486 e. The van der Waals surface area contributed by atoms with Crippen LogP contribution in [-0.4, -0.2) is 28.8 Å². The van der Waals surface area contributed by atoms with Crippen LogP contribution in [0.2, 0.25) is 5.02 Å². The molecule has 7 heteroatoms. The van der Waals surface area contributed by atoms with E-state index in [0.29, 0.717) is 12.1 Å². The Morgan fingerprint density at radius 3 is 2.65 bits per heavy atom. The van der Waals surface area contributed by atoms with Gasteiger partial charge >= 0.3 is 0 Å². The number of benzene rings is 1. The lowest BCUT2D eigenvalue weighted by Crippen LogP contribution is -2.75. The molecule has 0 spiro atoms. The highest BCUT2D eigenvalue weighted by Crippen LogP contribution is 2.69. The largest absolute Gasteiger partial charge is 0.486 e. The van der Waals surface area contributed by atoms with Crippen LogP contribution in [0.15, 0.2) is 36.5 Å². The molecule has 31 heavy (non-hydrogen) atoms. The van der Waals surface area contributed by atoms with Crippen molar-refractivity contribution in [2.24, 2.45) is 5.41 Å². The third-order valence-corrected chi connectivity index (χ3v) is 6.56. The van der Waals surface area contributed by atoms with Gasteiger partial charge in [0.25, 0.3) is 5.91 Å². The molecule has 2 bridgehead atoms. The molecular weight excluding hydrogens is 419 g/mol. The standard InChI is InChI=1S/C24H26ClFN2O3/c1-2-3-4-16-5-8-21(27-11-16)22(30)28-24-13-23(14-24,15-24)10-17(29)12-31-18-6-7-19(25)20(26)9-18/h5-9,11H,2-4,10,12-15H2,1H3,(H,28,30). The number of ether oxygens (including phenoxy) is 1. The van der Waals surface area contributed by atoms with Gasteiger partial charge in [-0.15, -0.1) is 0 Å². The van der Waals surface area contributed by atoms with Gasteiger partial charge in [-0.3, -0.25) is 14.6 Å². The Hall–Kier alpha value is -2.47. The molecule has 0 aliphatic heterocycles. The van der Waals surface area contributed by atoms with Gasteiger partial charge in [0.05, 0.1) is 5.02 Å². The first-order valence-corrected chi connectivity index (χ1v) is 11.1. The molecule has 1 heterocycles. The molecule has 164 valence electrons. The van der Waals surface area contributed by atoms with Crippen molar-refractivity contribution in [2.45, 2.75) is 57.4 Å². The topological polar surface area (TPSA) is 68.3 Å². The average Bonchev–Trinajstić information content (AvgIpc) is 2.71. The van der Waals surface area contributed by atoms with Crippen LogP contribution >= 0.6 is 11.6 Å². The molecule has 1 aromatic heterocycles. The van der Waals surface area contributed by atoms with E-state index in [0.717, 1.165) is 44.1 Å². The Labute approximate surface area is 186 Å². The van der Waals surface area contributed by atoms with Crippen LogP contribution in [0.25, 0.3) is 0 Å². The van der Waals surface area contributed by atoms with Gasteiger partial charge in [-0.2, -0.15) is 0 Å². The number of rotatable bonds is 10. The molecule has 3 fully saturated rings. The first-order valence-electron chi connectivity index (χ1n) is 10.7. The Balaban J connectivity index is 1.21. The zero-order valence-electron chi connectivity index (χ0n) is 17.5. The maximum Gasteiger partial charge on any atom is 0.270 e. The van der Waals surface area contributed by atoms with Gasteiger partial charge in [-0.25, -0.2) is 4.39 Å². The summed E-state index contributed by atoms with van der Waals surface area (Å²) < 4.78 is 18.8. The van der Waals surface area contributed by atoms with Crippen LogP contribution < -0.4 is 10.1 Å². The second kappa shape index (κ2) is 8.58. The lowest BCUT2D eigenvalue weighted by Gasteiger charge is -2.70. The smallest absolute Gasteiger partial charge is 0.270 e. The molecule has 0 unspecified atom stereocenters. The molecule has 3 aliphatic rings. The second-order valence-corrected chi connectivity index (χ2v) is 9.41. The number of aromatic nitrogens is 1. The van der Waals surface area contributed by atoms with E-state index < -0.39 is 5.82 Å². The number of ketones is 1. The van der Waals surface area contributed by atoms with Crippen molar-refractivity contribution < 1.29 is 18.7 Å². The SMILES string of the molecule is CCCCc1ccc(C(=O)NC23CC(CC(=O)COc4ccc(Cl)c(F)c4)(C2)C3)nc1. The molecule has 1 N–H and O–H groups in total. The summed E-state index contributed by atoms with van der Waals surface area (Å²) in [6.07, 6.45) is 7.78. The lowest BCUT2D eigenvalue weighted by molar-refractivity contribution is -0.162. The number of hydrogen-bond acceptors (Lipinski definition) is 4. The molecular formula is C24H26ClFN2O3. The van der Waals surface area contributed by atoms with Crippen molar-refractivity contribution in [3.05, 3.63) is 58.6 Å². The minimum atomic E-state index is -0.575. The molecule has 1 amide bonds. The van der Waals surface area contributed by atoms with Crippen molar-refractivity contribution >= 4 is 23.3 Å². The summed E-state index contributed by atoms with van der Waals surface area (Å²) in [6, 6.07) is 7.85. The normalized spacial score (nSPS) is 23.5. The fourth-order valence-electron chi connectivity index (χ4n) is 4.91. The number of Topliss-reactive ketones (excluding diaryl/α,β-unsaturated/α-hetero) is 1. The number of carbonyl (C=O) groups is 2. The Morgan fingerprint density at radius 2 is 2.00 bits per heavy atom. The zero-order valence-corrected chi connectivity index (χ0v) is 18.3. The van der Waals surface area contributed by atoms with Gasteiger partial charge in [0.15, 0.2) is 5.78 Å². The van der Waals surface area contributed by atoms with Crippen LogP contribution in [0.4, 0.5) is 4.39 Å². The Morgan fingerprint density at radius 1 is 1.23 bits per heavy atom. The highest BCUT2D eigenvalue weighted by molar-refractivity contribution is 6.30. The van der Waals surface area contributed by atoms with Crippen LogP contribution in [-0.2, 0) is 11.2 Å². The number of pyridine rings is 1. The number of nitrogens with one attached hydrogen (secondary N) is 1. The Kier molecular flexibility index (Phi) is 6.02. The van der Waals surface area contributed by atoms with E-state index in [2.05, 4.69) is 17.2 Å². The predicted octanol–water partition coefficient (Wildman–Crippen LogP) is 4.91. The summed E-state index contributed by atoms with van der Waals surface area (Å²) in [5.41, 5.74) is 1.32. The molecule has 1 aromatic carbocycles. The van der Waals surface area contributed by atoms with Gasteiger partial charge in [0.1, 0.15) is 23.9 Å². The van der Waals surface area contributed by atoms with Crippen molar-refractivity contribution in [1.82, 2.24) is 10.3 Å². The number of unbranched alkanes of at least 4 members (excludes halogenated alkanes) is 1. The summed E-state index contributed by atoms with van der Waals surface area (Å²) >= 11 is 5.64. The van der Waals surface area contributed by atoms with E-state index in [1.165, 1.54) is 18.2 Å². The first-order chi connectivity index (χ1) is 14.8. The van der Waals surface area contributed by atoms with Gasteiger partial charge in [-0.05, 0) is 61.3 Å². The number of halogens is 2. The minimum absolute atomic E-state index is 0.0162.